The molecule has 1 aromatic carbocycles. The summed E-state index contributed by atoms with van der Waals surface area (Å²) < 4.78 is 0. The Hall–Kier alpha value is -1.77. The van der Waals surface area contributed by atoms with E-state index in [0.717, 1.165) is 31.4 Å². The van der Waals surface area contributed by atoms with Crippen LogP contribution in [0.2, 0.25) is 0 Å². The van der Waals surface area contributed by atoms with Crippen molar-refractivity contribution < 1.29 is 9.90 Å². The molecule has 1 rings (SSSR count). The number of carbonyl (C=O) groups is 1. The highest BCUT2D eigenvalue weighted by atomic mass is 16.4. The first-order chi connectivity index (χ1) is 8.74. The summed E-state index contributed by atoms with van der Waals surface area (Å²) in [6, 6.07) is 8.96. The third kappa shape index (κ3) is 5.53. The molecule has 0 heterocycles. The zero-order valence-electron chi connectivity index (χ0n) is 10.6. The quantitative estimate of drug-likeness (QED) is 0.517. The van der Waals surface area contributed by atoms with Gasteiger partial charge in [0.2, 0.25) is 0 Å². The normalized spacial score (nSPS) is 11.8. The molecular formula is C15H21NO2. The van der Waals surface area contributed by atoms with Gasteiger partial charge in [-0.25, -0.2) is 4.79 Å². The molecule has 1 aromatic rings. The second kappa shape index (κ2) is 8.34. The third-order valence-corrected chi connectivity index (χ3v) is 2.81. The molecule has 0 aliphatic carbocycles. The average Bonchev–Trinajstić information content (AvgIpc) is 2.38. The molecular weight excluding hydrogens is 226 g/mol. The zero-order valence-corrected chi connectivity index (χ0v) is 10.6. The molecule has 1 atom stereocenters. The van der Waals surface area contributed by atoms with Crippen LogP contribution >= 0.6 is 0 Å². The maximum absolute atomic E-state index is 11.1. The summed E-state index contributed by atoms with van der Waals surface area (Å²) in [5.41, 5.74) is 0.857. The van der Waals surface area contributed by atoms with Gasteiger partial charge in [0.1, 0.15) is 6.04 Å². The van der Waals surface area contributed by atoms with Crippen LogP contribution in [-0.2, 0) is 4.79 Å². The highest BCUT2D eigenvalue weighted by Gasteiger charge is 2.16. The van der Waals surface area contributed by atoms with Gasteiger partial charge < -0.3 is 10.4 Å². The number of aliphatic carboxylic acids is 1. The Morgan fingerprint density at radius 2 is 2.00 bits per heavy atom. The number of unbranched alkanes of at least 4 members (excludes halogenated alkanes) is 3. The van der Waals surface area contributed by atoms with E-state index in [1.807, 2.05) is 36.4 Å². The van der Waals surface area contributed by atoms with Crippen LogP contribution < -0.4 is 5.32 Å². The number of para-hydroxylation sites is 1. The van der Waals surface area contributed by atoms with Crippen molar-refractivity contribution in [2.75, 3.05) is 5.32 Å². The summed E-state index contributed by atoms with van der Waals surface area (Å²) in [6.07, 6.45) is 6.61. The number of anilines is 1. The van der Waals surface area contributed by atoms with E-state index in [9.17, 15) is 4.79 Å². The van der Waals surface area contributed by atoms with E-state index < -0.39 is 12.0 Å². The summed E-state index contributed by atoms with van der Waals surface area (Å²) >= 11 is 0. The van der Waals surface area contributed by atoms with Gasteiger partial charge in [0.25, 0.3) is 0 Å². The number of carboxylic acid groups (broad SMARTS) is 1. The summed E-state index contributed by atoms with van der Waals surface area (Å²) in [7, 11) is 0. The highest BCUT2D eigenvalue weighted by molar-refractivity contribution is 5.77. The van der Waals surface area contributed by atoms with Gasteiger partial charge in [-0.3, -0.25) is 0 Å². The predicted molar refractivity (Wildman–Crippen MR) is 74.8 cm³/mol. The molecule has 0 aliphatic rings. The molecule has 0 amide bonds. The van der Waals surface area contributed by atoms with Crippen molar-refractivity contribution in [1.82, 2.24) is 0 Å². The van der Waals surface area contributed by atoms with E-state index in [1.54, 1.807) is 0 Å². The Kier molecular flexibility index (Phi) is 6.62. The standard InChI is InChI=1S/C15H21NO2/c1-2-3-4-5-9-12-14(15(17)18)16-13-10-7-6-8-11-13/h2,6-8,10-11,14,16H,1,3-5,9,12H2,(H,17,18)/t14-/m0/s1. The van der Waals surface area contributed by atoms with Gasteiger partial charge >= 0.3 is 5.97 Å². The van der Waals surface area contributed by atoms with E-state index in [0.29, 0.717) is 6.42 Å². The molecule has 0 unspecified atom stereocenters. The second-order valence-corrected chi connectivity index (χ2v) is 4.33. The first-order valence-electron chi connectivity index (χ1n) is 6.39. The maximum atomic E-state index is 11.1. The van der Waals surface area contributed by atoms with E-state index in [2.05, 4.69) is 11.9 Å². The van der Waals surface area contributed by atoms with Gasteiger partial charge in [-0.05, 0) is 31.4 Å². The fourth-order valence-electron chi connectivity index (χ4n) is 1.81. The first-order valence-corrected chi connectivity index (χ1v) is 6.39. The van der Waals surface area contributed by atoms with Gasteiger partial charge in [0, 0.05) is 5.69 Å². The molecule has 0 saturated carbocycles. The number of allylic oxidation sites excluding steroid dienone is 1. The smallest absolute Gasteiger partial charge is 0.326 e. The summed E-state index contributed by atoms with van der Waals surface area (Å²) in [6.45, 7) is 3.67. The lowest BCUT2D eigenvalue weighted by Gasteiger charge is -2.15. The fourth-order valence-corrected chi connectivity index (χ4v) is 1.81. The van der Waals surface area contributed by atoms with Crippen LogP contribution in [0.4, 0.5) is 5.69 Å². The van der Waals surface area contributed by atoms with E-state index >= 15 is 0 Å². The number of nitrogens with one attached hydrogen (secondary N) is 1. The van der Waals surface area contributed by atoms with Crippen LogP contribution in [0.25, 0.3) is 0 Å². The molecule has 0 spiro atoms. The molecule has 3 nitrogen and oxygen atoms in total. The number of rotatable bonds is 9. The van der Waals surface area contributed by atoms with Crippen molar-refractivity contribution in [2.45, 2.75) is 38.1 Å². The molecule has 0 saturated heterocycles. The van der Waals surface area contributed by atoms with Crippen molar-refractivity contribution in [3.05, 3.63) is 43.0 Å². The molecule has 0 bridgehead atoms. The molecule has 98 valence electrons. The Morgan fingerprint density at radius 1 is 1.28 bits per heavy atom. The van der Waals surface area contributed by atoms with Crippen LogP contribution in [-0.4, -0.2) is 17.1 Å². The van der Waals surface area contributed by atoms with Crippen molar-refractivity contribution >= 4 is 11.7 Å². The Labute approximate surface area is 109 Å². The van der Waals surface area contributed by atoms with Gasteiger partial charge in [0.05, 0.1) is 0 Å². The number of carboxylic acids is 1. The van der Waals surface area contributed by atoms with Gasteiger partial charge in [-0.2, -0.15) is 0 Å². The van der Waals surface area contributed by atoms with E-state index in [-0.39, 0.29) is 0 Å². The highest BCUT2D eigenvalue weighted by Crippen LogP contribution is 2.12. The average molecular weight is 247 g/mol. The van der Waals surface area contributed by atoms with Crippen LogP contribution in [0, 0.1) is 0 Å². The largest absolute Gasteiger partial charge is 0.480 e. The number of benzene rings is 1. The third-order valence-electron chi connectivity index (χ3n) is 2.81. The van der Waals surface area contributed by atoms with E-state index in [4.69, 9.17) is 5.11 Å². The summed E-state index contributed by atoms with van der Waals surface area (Å²) in [5.74, 6) is -0.789. The van der Waals surface area contributed by atoms with Crippen molar-refractivity contribution in [3.63, 3.8) is 0 Å². The second-order valence-electron chi connectivity index (χ2n) is 4.33. The topological polar surface area (TPSA) is 49.3 Å². The minimum absolute atomic E-state index is 0.504. The minimum atomic E-state index is -0.789. The van der Waals surface area contributed by atoms with Crippen molar-refractivity contribution in [3.8, 4) is 0 Å². The maximum Gasteiger partial charge on any atom is 0.326 e. The first kappa shape index (κ1) is 14.3. The monoisotopic (exact) mass is 247 g/mol. The molecule has 0 aromatic heterocycles. The van der Waals surface area contributed by atoms with Gasteiger partial charge in [0.15, 0.2) is 0 Å². The molecule has 2 N–H and O–H groups in total. The molecule has 0 radical (unpaired) electrons. The number of hydrogen-bond acceptors (Lipinski definition) is 2. The fraction of sp³-hybridized carbons (Fsp3) is 0.400. The zero-order chi connectivity index (χ0) is 13.2. The van der Waals surface area contributed by atoms with Crippen LogP contribution in [0.15, 0.2) is 43.0 Å². The Balaban J connectivity index is 2.36. The molecule has 18 heavy (non-hydrogen) atoms. The molecule has 3 heteroatoms. The van der Waals surface area contributed by atoms with Crippen molar-refractivity contribution in [1.29, 1.82) is 0 Å². The SMILES string of the molecule is C=CCCCCC[C@H](Nc1ccccc1)C(=O)O. The minimum Gasteiger partial charge on any atom is -0.480 e. The van der Waals surface area contributed by atoms with Crippen LogP contribution in [0.1, 0.15) is 32.1 Å². The Bertz CT molecular complexity index is 362. The van der Waals surface area contributed by atoms with Gasteiger partial charge in [-0.15, -0.1) is 6.58 Å². The van der Waals surface area contributed by atoms with Crippen LogP contribution in [0.3, 0.4) is 0 Å². The predicted octanol–water partition coefficient (Wildman–Crippen LogP) is 3.69. The lowest BCUT2D eigenvalue weighted by molar-refractivity contribution is -0.138. The lowest BCUT2D eigenvalue weighted by atomic mass is 10.1. The molecule has 0 fully saturated rings. The summed E-state index contributed by atoms with van der Waals surface area (Å²) in [5, 5.41) is 12.2. The van der Waals surface area contributed by atoms with E-state index in [1.165, 1.54) is 0 Å². The molecule has 0 aliphatic heterocycles. The lowest BCUT2D eigenvalue weighted by Crippen LogP contribution is -2.29. The summed E-state index contributed by atoms with van der Waals surface area (Å²) in [4.78, 5) is 11.1. The number of hydrogen-bond donors (Lipinski definition) is 2. The van der Waals surface area contributed by atoms with Crippen molar-refractivity contribution in [2.24, 2.45) is 0 Å². The van der Waals surface area contributed by atoms with Gasteiger partial charge in [-0.1, -0.05) is 37.1 Å². The Morgan fingerprint density at radius 3 is 2.61 bits per heavy atom. The van der Waals surface area contributed by atoms with Crippen LogP contribution in [0.5, 0.6) is 0 Å².